The average molecular weight is 592 g/mol. The number of hydrogen-bond acceptors (Lipinski definition) is 4. The molecule has 3 nitrogen and oxygen atoms in total. The summed E-state index contributed by atoms with van der Waals surface area (Å²) >= 11 is 1.86. The van der Waals surface area contributed by atoms with Gasteiger partial charge in [-0.25, -0.2) is 15.0 Å². The van der Waals surface area contributed by atoms with E-state index in [2.05, 4.69) is 91.0 Å². The second-order valence-electron chi connectivity index (χ2n) is 11.2. The van der Waals surface area contributed by atoms with E-state index < -0.39 is 0 Å². The van der Waals surface area contributed by atoms with Crippen molar-refractivity contribution in [3.8, 4) is 45.3 Å². The highest BCUT2D eigenvalue weighted by Crippen LogP contribution is 2.45. The summed E-state index contributed by atoms with van der Waals surface area (Å²) in [5.41, 5.74) is 5.35. The maximum Gasteiger partial charge on any atom is 0.164 e. The monoisotopic (exact) mass is 591 g/mol. The van der Waals surface area contributed by atoms with Crippen molar-refractivity contribution in [3.63, 3.8) is 0 Å². The summed E-state index contributed by atoms with van der Waals surface area (Å²) in [7, 11) is 0. The predicted molar refractivity (Wildman–Crippen MR) is 189 cm³/mol. The topological polar surface area (TPSA) is 38.7 Å². The summed E-state index contributed by atoms with van der Waals surface area (Å²) in [6, 6.07) is 53.2. The first-order valence-electron chi connectivity index (χ1n) is 15.0. The third-order valence-corrected chi connectivity index (χ3v) is 9.66. The van der Waals surface area contributed by atoms with Gasteiger partial charge in [-0.05, 0) is 44.8 Å². The summed E-state index contributed by atoms with van der Waals surface area (Å²) in [5.74, 6) is 1.98. The Morgan fingerprint density at radius 1 is 0.333 bits per heavy atom. The van der Waals surface area contributed by atoms with Crippen molar-refractivity contribution in [1.29, 1.82) is 0 Å². The first-order valence-corrected chi connectivity index (χ1v) is 15.9. The molecule has 45 heavy (non-hydrogen) atoms. The van der Waals surface area contributed by atoms with Gasteiger partial charge >= 0.3 is 0 Å². The fourth-order valence-corrected chi connectivity index (χ4v) is 7.63. The zero-order valence-electron chi connectivity index (χ0n) is 24.2. The molecule has 0 saturated carbocycles. The molecule has 0 fully saturated rings. The molecule has 0 spiro atoms. The number of aromatic nitrogens is 3. The van der Waals surface area contributed by atoms with Crippen LogP contribution in [0.3, 0.4) is 0 Å². The molecule has 0 aliphatic carbocycles. The van der Waals surface area contributed by atoms with E-state index >= 15 is 0 Å². The Morgan fingerprint density at radius 3 is 1.60 bits per heavy atom. The first-order chi connectivity index (χ1) is 22.3. The number of rotatable bonds is 4. The van der Waals surface area contributed by atoms with Crippen molar-refractivity contribution in [2.24, 2.45) is 0 Å². The van der Waals surface area contributed by atoms with Crippen molar-refractivity contribution in [3.05, 3.63) is 152 Å². The smallest absolute Gasteiger partial charge is 0.164 e. The van der Waals surface area contributed by atoms with Crippen LogP contribution in [0.2, 0.25) is 0 Å². The number of fused-ring (bicyclic) bond motifs is 6. The van der Waals surface area contributed by atoms with Crippen LogP contribution in [0.5, 0.6) is 0 Å². The summed E-state index contributed by atoms with van der Waals surface area (Å²) in [6.07, 6.45) is 0. The predicted octanol–water partition coefficient (Wildman–Crippen LogP) is 11.2. The van der Waals surface area contributed by atoms with Crippen molar-refractivity contribution >= 4 is 53.1 Å². The van der Waals surface area contributed by atoms with Crippen LogP contribution in [0.1, 0.15) is 0 Å². The molecule has 0 radical (unpaired) electrons. The molecule has 0 atom stereocenters. The molecule has 7 aromatic carbocycles. The van der Waals surface area contributed by atoms with Crippen LogP contribution in [0.25, 0.3) is 87.0 Å². The van der Waals surface area contributed by atoms with Crippen molar-refractivity contribution in [2.75, 3.05) is 0 Å². The summed E-state index contributed by atoms with van der Waals surface area (Å²) in [4.78, 5) is 15.0. The van der Waals surface area contributed by atoms with Gasteiger partial charge in [0.05, 0.1) is 0 Å². The van der Waals surface area contributed by atoms with Gasteiger partial charge in [0.15, 0.2) is 17.5 Å². The van der Waals surface area contributed by atoms with Crippen LogP contribution in [-0.4, -0.2) is 15.0 Å². The maximum absolute atomic E-state index is 5.05. The van der Waals surface area contributed by atoms with Gasteiger partial charge in [-0.15, -0.1) is 11.3 Å². The van der Waals surface area contributed by atoms with Crippen molar-refractivity contribution in [2.45, 2.75) is 0 Å². The zero-order chi connectivity index (χ0) is 29.7. The van der Waals surface area contributed by atoms with Crippen molar-refractivity contribution < 1.29 is 0 Å². The molecule has 0 aliphatic rings. The van der Waals surface area contributed by atoms with E-state index in [1.807, 2.05) is 72.0 Å². The molecule has 0 saturated heterocycles. The molecule has 210 valence electrons. The van der Waals surface area contributed by atoms with Gasteiger partial charge in [-0.1, -0.05) is 140 Å². The SMILES string of the molecule is c1ccc(-c2nc(-c3ccccc3)nc(-c3cccc4c(-c5cccc6sc7ccc8ccccc8c7c56)cccc34)n2)cc1. The lowest BCUT2D eigenvalue weighted by molar-refractivity contribution is 1.08. The Hall–Kier alpha value is -5.71. The van der Waals surface area contributed by atoms with Crippen LogP contribution < -0.4 is 0 Å². The molecule has 0 unspecified atom stereocenters. The standard InChI is InChI=1S/C41H25N3S/c1-3-13-27(14-4-1)39-42-40(28-15-5-2-6-16-28)44-41(43-39)34-22-10-18-30-31(19-9-20-32(30)34)33-21-11-23-35-38(33)37-29-17-8-7-12-26(29)24-25-36(37)45-35/h1-25H. The van der Waals surface area contributed by atoms with Gasteiger partial charge in [0.1, 0.15) is 0 Å². The van der Waals surface area contributed by atoms with Crippen LogP contribution in [-0.2, 0) is 0 Å². The third kappa shape index (κ3) is 4.30. The summed E-state index contributed by atoms with van der Waals surface area (Å²) in [5, 5.41) is 7.48. The van der Waals surface area contributed by atoms with Crippen molar-refractivity contribution in [1.82, 2.24) is 15.0 Å². The number of benzene rings is 7. The summed E-state index contributed by atoms with van der Waals surface area (Å²) in [6.45, 7) is 0. The number of hydrogen-bond donors (Lipinski definition) is 0. The Labute approximate surface area is 264 Å². The third-order valence-electron chi connectivity index (χ3n) is 8.54. The van der Waals surface area contributed by atoms with E-state index in [1.54, 1.807) is 0 Å². The highest BCUT2D eigenvalue weighted by Gasteiger charge is 2.18. The Kier molecular flexibility index (Phi) is 6.00. The zero-order valence-corrected chi connectivity index (χ0v) is 25.0. The van der Waals surface area contributed by atoms with Gasteiger partial charge in [0.25, 0.3) is 0 Å². The van der Waals surface area contributed by atoms with E-state index in [0.717, 1.165) is 22.1 Å². The highest BCUT2D eigenvalue weighted by atomic mass is 32.1. The molecule has 0 bridgehead atoms. The number of nitrogens with zero attached hydrogens (tertiary/aromatic N) is 3. The minimum atomic E-state index is 0.661. The fourth-order valence-electron chi connectivity index (χ4n) is 6.48. The second kappa shape index (κ2) is 10.5. The summed E-state index contributed by atoms with van der Waals surface area (Å²) < 4.78 is 2.61. The maximum atomic E-state index is 5.05. The lowest BCUT2D eigenvalue weighted by Gasteiger charge is -2.13. The molecule has 9 rings (SSSR count). The van der Waals surface area contributed by atoms with Gasteiger partial charge in [0.2, 0.25) is 0 Å². The van der Waals surface area contributed by atoms with Gasteiger partial charge in [-0.3, -0.25) is 0 Å². The van der Waals surface area contributed by atoms with Gasteiger partial charge in [0, 0.05) is 36.9 Å². The molecule has 2 aromatic heterocycles. The Balaban J connectivity index is 1.30. The number of thiophene rings is 1. The molecule has 0 amide bonds. The largest absolute Gasteiger partial charge is 0.208 e. The lowest BCUT2D eigenvalue weighted by atomic mass is 9.92. The van der Waals surface area contributed by atoms with Crippen LogP contribution >= 0.6 is 11.3 Å². The molecular weight excluding hydrogens is 567 g/mol. The van der Waals surface area contributed by atoms with E-state index in [1.165, 1.54) is 47.5 Å². The molecule has 9 aromatic rings. The molecule has 0 aliphatic heterocycles. The van der Waals surface area contributed by atoms with E-state index in [-0.39, 0.29) is 0 Å². The molecule has 0 N–H and O–H groups in total. The Bertz CT molecular complexity index is 2480. The minimum absolute atomic E-state index is 0.661. The van der Waals surface area contributed by atoms with Gasteiger partial charge in [-0.2, -0.15) is 0 Å². The van der Waals surface area contributed by atoms with E-state index in [4.69, 9.17) is 15.0 Å². The molecule has 4 heteroatoms. The van der Waals surface area contributed by atoms with E-state index in [9.17, 15) is 0 Å². The first kappa shape index (κ1) is 25.8. The van der Waals surface area contributed by atoms with E-state index in [0.29, 0.717) is 17.5 Å². The fraction of sp³-hybridized carbons (Fsp3) is 0. The quantitative estimate of drug-likeness (QED) is 0.204. The molecule has 2 heterocycles. The van der Waals surface area contributed by atoms with Crippen LogP contribution in [0.4, 0.5) is 0 Å². The average Bonchev–Trinajstić information content (AvgIpc) is 3.51. The highest BCUT2D eigenvalue weighted by molar-refractivity contribution is 7.26. The lowest BCUT2D eigenvalue weighted by Crippen LogP contribution is -2.00. The van der Waals surface area contributed by atoms with Crippen LogP contribution in [0, 0.1) is 0 Å². The molecular formula is C41H25N3S. The normalized spacial score (nSPS) is 11.6. The Morgan fingerprint density at radius 2 is 0.867 bits per heavy atom. The van der Waals surface area contributed by atoms with Crippen LogP contribution in [0.15, 0.2) is 152 Å². The van der Waals surface area contributed by atoms with Gasteiger partial charge < -0.3 is 0 Å². The minimum Gasteiger partial charge on any atom is -0.208 e. The second-order valence-corrected chi connectivity index (χ2v) is 12.3.